The third-order valence-electron chi connectivity index (χ3n) is 4.89. The molecule has 28 heavy (non-hydrogen) atoms. The summed E-state index contributed by atoms with van der Waals surface area (Å²) in [5.74, 6) is 0. The van der Waals surface area contributed by atoms with E-state index in [4.69, 9.17) is 4.74 Å². The van der Waals surface area contributed by atoms with Crippen LogP contribution in [-0.2, 0) is 21.4 Å². The molecule has 0 radical (unpaired) electrons. The Bertz CT molecular complexity index is 977. The minimum atomic E-state index is -3.65. The Morgan fingerprint density at radius 1 is 1.18 bits per heavy atom. The van der Waals surface area contributed by atoms with Gasteiger partial charge in [-0.15, -0.1) is 0 Å². The Hall–Kier alpha value is -1.71. The van der Waals surface area contributed by atoms with Gasteiger partial charge in [-0.1, -0.05) is 59.8 Å². The lowest BCUT2D eigenvalue weighted by atomic mass is 10.2. The van der Waals surface area contributed by atoms with Crippen molar-refractivity contribution in [3.05, 3.63) is 65.7 Å². The van der Waals surface area contributed by atoms with E-state index in [1.165, 1.54) is 16.1 Å². The van der Waals surface area contributed by atoms with E-state index in [-0.39, 0.29) is 23.2 Å². The summed E-state index contributed by atoms with van der Waals surface area (Å²) in [6.07, 6.45) is 0. The second-order valence-corrected chi connectivity index (χ2v) is 10.3. The van der Waals surface area contributed by atoms with Crippen molar-refractivity contribution in [1.82, 2.24) is 4.31 Å². The van der Waals surface area contributed by atoms with E-state index in [0.29, 0.717) is 18.3 Å². The van der Waals surface area contributed by atoms with E-state index in [2.05, 4.69) is 4.99 Å². The predicted molar refractivity (Wildman–Crippen MR) is 110 cm³/mol. The number of aliphatic hydroxyl groups is 1. The Kier molecular flexibility index (Phi) is 5.32. The van der Waals surface area contributed by atoms with Crippen LogP contribution in [0.2, 0.25) is 0 Å². The van der Waals surface area contributed by atoms with E-state index in [1.54, 1.807) is 24.3 Å². The van der Waals surface area contributed by atoms with Crippen molar-refractivity contribution in [2.45, 2.75) is 29.4 Å². The number of nitrogens with zero attached hydrogens (tertiary/aromatic N) is 2. The molecule has 2 aromatic rings. The first-order valence-electron chi connectivity index (χ1n) is 9.03. The van der Waals surface area contributed by atoms with Crippen LogP contribution in [0.1, 0.15) is 11.1 Å². The van der Waals surface area contributed by atoms with Crippen LogP contribution in [0, 0.1) is 6.92 Å². The van der Waals surface area contributed by atoms with Crippen LogP contribution >= 0.6 is 11.8 Å². The summed E-state index contributed by atoms with van der Waals surface area (Å²) >= 11 is 1.40. The zero-order chi connectivity index (χ0) is 19.8. The van der Waals surface area contributed by atoms with Crippen LogP contribution in [0.15, 0.2) is 64.5 Å². The van der Waals surface area contributed by atoms with Crippen molar-refractivity contribution < 1.29 is 18.3 Å². The third kappa shape index (κ3) is 3.88. The van der Waals surface area contributed by atoms with Crippen molar-refractivity contribution in [2.24, 2.45) is 4.99 Å². The molecule has 1 N–H and O–H groups in total. The molecule has 2 atom stereocenters. The quantitative estimate of drug-likeness (QED) is 0.779. The first-order valence-corrected chi connectivity index (χ1v) is 11.3. The van der Waals surface area contributed by atoms with Gasteiger partial charge in [-0.25, -0.2) is 13.4 Å². The average molecular weight is 419 g/mol. The van der Waals surface area contributed by atoms with Crippen molar-refractivity contribution >= 4 is 26.8 Å². The Labute approximate surface area is 169 Å². The SMILES string of the molecule is Cc1ccc(S(=O)(=O)N2CC3SC(COCc4ccccc4)=NC3(O)C2)cc1. The summed E-state index contributed by atoms with van der Waals surface area (Å²) in [5.41, 5.74) is 0.671. The van der Waals surface area contributed by atoms with Crippen molar-refractivity contribution in [1.29, 1.82) is 0 Å². The second kappa shape index (κ2) is 7.61. The van der Waals surface area contributed by atoms with Crippen LogP contribution in [0.3, 0.4) is 0 Å². The van der Waals surface area contributed by atoms with Crippen LogP contribution < -0.4 is 0 Å². The molecule has 0 aliphatic carbocycles. The van der Waals surface area contributed by atoms with E-state index in [1.807, 2.05) is 37.3 Å². The summed E-state index contributed by atoms with van der Waals surface area (Å²) in [6.45, 7) is 2.87. The number of fused-ring (bicyclic) bond motifs is 1. The summed E-state index contributed by atoms with van der Waals surface area (Å²) in [4.78, 5) is 4.63. The first kappa shape index (κ1) is 19.6. The molecule has 6 nitrogen and oxygen atoms in total. The zero-order valence-corrected chi connectivity index (χ0v) is 17.1. The average Bonchev–Trinajstić information content (AvgIpc) is 3.15. The van der Waals surface area contributed by atoms with Gasteiger partial charge < -0.3 is 9.84 Å². The summed E-state index contributed by atoms with van der Waals surface area (Å²) in [6, 6.07) is 16.6. The maximum absolute atomic E-state index is 12.9. The molecule has 0 aromatic heterocycles. The molecule has 0 bridgehead atoms. The number of thioether (sulfide) groups is 1. The molecule has 2 unspecified atom stereocenters. The molecule has 148 valence electrons. The highest BCUT2D eigenvalue weighted by Crippen LogP contribution is 2.41. The molecule has 2 aromatic carbocycles. The van der Waals surface area contributed by atoms with Crippen molar-refractivity contribution in [3.8, 4) is 0 Å². The second-order valence-electron chi connectivity index (χ2n) is 7.08. The zero-order valence-electron chi connectivity index (χ0n) is 15.5. The number of aliphatic imine (C=N–C) groups is 1. The van der Waals surface area contributed by atoms with E-state index >= 15 is 0 Å². The van der Waals surface area contributed by atoms with Gasteiger partial charge in [0.1, 0.15) is 0 Å². The number of β-amino-alcohol motifs (C(OH)–C–C–N with tert-alkyl or cyclic N) is 1. The van der Waals surface area contributed by atoms with Gasteiger partial charge in [-0.05, 0) is 24.6 Å². The molecular formula is C20H22N2O4S2. The fourth-order valence-electron chi connectivity index (χ4n) is 3.34. The molecule has 2 heterocycles. The van der Waals surface area contributed by atoms with E-state index in [9.17, 15) is 13.5 Å². The molecule has 2 aliphatic rings. The van der Waals surface area contributed by atoms with Crippen molar-refractivity contribution in [3.63, 3.8) is 0 Å². The van der Waals surface area contributed by atoms with E-state index in [0.717, 1.165) is 11.1 Å². The molecule has 4 rings (SSSR count). The summed E-state index contributed by atoms with van der Waals surface area (Å²) in [5, 5.41) is 11.3. The van der Waals surface area contributed by atoms with Crippen molar-refractivity contribution in [2.75, 3.05) is 19.7 Å². The fourth-order valence-corrected chi connectivity index (χ4v) is 6.18. The lowest BCUT2D eigenvalue weighted by molar-refractivity contribution is 0.0723. The number of benzene rings is 2. The van der Waals surface area contributed by atoms with Gasteiger partial charge in [-0.2, -0.15) is 4.31 Å². The van der Waals surface area contributed by atoms with Gasteiger partial charge in [0.25, 0.3) is 0 Å². The molecular weight excluding hydrogens is 396 g/mol. The largest absolute Gasteiger partial charge is 0.370 e. The molecule has 0 spiro atoms. The normalized spacial score (nSPS) is 24.9. The maximum atomic E-state index is 12.9. The number of rotatable bonds is 6. The number of hydrogen-bond acceptors (Lipinski definition) is 6. The molecule has 0 amide bonds. The molecule has 8 heteroatoms. The smallest absolute Gasteiger partial charge is 0.243 e. The highest BCUT2D eigenvalue weighted by molar-refractivity contribution is 8.15. The number of aryl methyl sites for hydroxylation is 1. The van der Waals surface area contributed by atoms with Gasteiger partial charge in [0.2, 0.25) is 10.0 Å². The van der Waals surface area contributed by atoms with Gasteiger partial charge in [-0.3, -0.25) is 0 Å². The van der Waals surface area contributed by atoms with Crippen LogP contribution in [0.5, 0.6) is 0 Å². The third-order valence-corrected chi connectivity index (χ3v) is 8.00. The Balaban J connectivity index is 1.40. The van der Waals surface area contributed by atoms with E-state index < -0.39 is 15.7 Å². The summed E-state index contributed by atoms with van der Waals surface area (Å²) in [7, 11) is -3.65. The number of hydrogen-bond donors (Lipinski definition) is 1. The molecule has 1 fully saturated rings. The van der Waals surface area contributed by atoms with Gasteiger partial charge >= 0.3 is 0 Å². The highest BCUT2D eigenvalue weighted by Gasteiger charge is 2.53. The highest BCUT2D eigenvalue weighted by atomic mass is 32.2. The van der Waals surface area contributed by atoms with Crippen LogP contribution in [-0.4, -0.2) is 53.5 Å². The Morgan fingerprint density at radius 2 is 1.89 bits per heavy atom. The van der Waals surface area contributed by atoms with Crippen LogP contribution in [0.4, 0.5) is 0 Å². The fraction of sp³-hybridized carbons (Fsp3) is 0.350. The number of ether oxygens (including phenoxy) is 1. The molecule has 0 saturated carbocycles. The standard InChI is InChI=1S/C20H22N2O4S2/c1-15-7-9-17(10-8-15)28(24,25)22-11-18-20(23,14-22)21-19(27-18)13-26-12-16-5-3-2-4-6-16/h2-10,18,23H,11-14H2,1H3. The first-order chi connectivity index (χ1) is 13.4. The lowest BCUT2D eigenvalue weighted by Crippen LogP contribution is -2.36. The monoisotopic (exact) mass is 418 g/mol. The summed E-state index contributed by atoms with van der Waals surface area (Å²) < 4.78 is 32.7. The maximum Gasteiger partial charge on any atom is 0.243 e. The molecule has 1 saturated heterocycles. The minimum absolute atomic E-state index is 0.0386. The minimum Gasteiger partial charge on any atom is -0.370 e. The number of sulfonamides is 1. The van der Waals surface area contributed by atoms with Gasteiger partial charge in [0.05, 0.1) is 34.9 Å². The van der Waals surface area contributed by atoms with Gasteiger partial charge in [0, 0.05) is 6.54 Å². The Morgan fingerprint density at radius 3 is 2.57 bits per heavy atom. The predicted octanol–water partition coefficient (Wildman–Crippen LogP) is 2.42. The molecule has 2 aliphatic heterocycles. The lowest BCUT2D eigenvalue weighted by Gasteiger charge is -2.19. The van der Waals surface area contributed by atoms with Crippen LogP contribution in [0.25, 0.3) is 0 Å². The topological polar surface area (TPSA) is 79.2 Å². The van der Waals surface area contributed by atoms with Gasteiger partial charge in [0.15, 0.2) is 5.72 Å².